The molecule has 2 atom stereocenters. The number of likely N-dealkylation sites (tertiary alicyclic amines) is 1. The molecule has 0 saturated carbocycles. The molecule has 146 valence electrons. The average Bonchev–Trinajstić information content (AvgIpc) is 3.11. The molecule has 1 aromatic heterocycles. The fraction of sp³-hybridized carbons (Fsp3) is 0.571. The summed E-state index contributed by atoms with van der Waals surface area (Å²) in [4.78, 5) is 19.3. The lowest BCUT2D eigenvalue weighted by Crippen LogP contribution is -2.45. The second-order valence-corrected chi connectivity index (χ2v) is 7.65. The van der Waals surface area contributed by atoms with Gasteiger partial charge in [-0.2, -0.15) is 4.98 Å². The van der Waals surface area contributed by atoms with Gasteiger partial charge in [0.1, 0.15) is 0 Å². The zero-order chi connectivity index (χ0) is 19.2. The maximum Gasteiger partial charge on any atom is 0.241 e. The van der Waals surface area contributed by atoms with Crippen LogP contribution in [0.4, 0.5) is 0 Å². The second-order valence-electron chi connectivity index (χ2n) is 7.65. The zero-order valence-corrected chi connectivity index (χ0v) is 16.6. The molecule has 0 bridgehead atoms. The minimum atomic E-state index is 0.0394. The van der Waals surface area contributed by atoms with Crippen LogP contribution in [0.3, 0.4) is 0 Å². The van der Waals surface area contributed by atoms with Gasteiger partial charge >= 0.3 is 0 Å². The maximum absolute atomic E-state index is 12.5. The highest BCUT2D eigenvalue weighted by Gasteiger charge is 2.27. The number of carbonyl (C=O) groups excluding carboxylic acids is 1. The fourth-order valence-electron chi connectivity index (χ4n) is 3.61. The fourth-order valence-corrected chi connectivity index (χ4v) is 3.61. The Morgan fingerprint density at radius 2 is 2.15 bits per heavy atom. The van der Waals surface area contributed by atoms with Crippen molar-refractivity contribution in [1.29, 1.82) is 0 Å². The summed E-state index contributed by atoms with van der Waals surface area (Å²) in [5, 5.41) is 7.25. The Kier molecular flexibility index (Phi) is 6.61. The molecule has 1 aliphatic rings. The van der Waals surface area contributed by atoms with E-state index in [-0.39, 0.29) is 17.9 Å². The van der Waals surface area contributed by atoms with Crippen molar-refractivity contribution >= 4 is 5.91 Å². The largest absolute Gasteiger partial charge is 0.353 e. The number of hydrogen-bond acceptors (Lipinski definition) is 5. The van der Waals surface area contributed by atoms with Crippen molar-refractivity contribution in [2.24, 2.45) is 5.92 Å². The third kappa shape index (κ3) is 5.39. The molecule has 2 aromatic rings. The highest BCUT2D eigenvalue weighted by molar-refractivity contribution is 5.79. The van der Waals surface area contributed by atoms with Gasteiger partial charge in [-0.1, -0.05) is 48.3 Å². The van der Waals surface area contributed by atoms with E-state index in [1.807, 2.05) is 24.3 Å². The quantitative estimate of drug-likeness (QED) is 0.807. The average molecular weight is 370 g/mol. The molecule has 6 nitrogen and oxygen atoms in total. The number of aryl methyl sites for hydroxylation is 1. The summed E-state index contributed by atoms with van der Waals surface area (Å²) >= 11 is 0. The van der Waals surface area contributed by atoms with Gasteiger partial charge in [0.25, 0.3) is 0 Å². The number of hydrogen-bond donors (Lipinski definition) is 1. The number of nitrogens with one attached hydrogen (secondary N) is 1. The summed E-state index contributed by atoms with van der Waals surface area (Å²) in [5.41, 5.74) is 2.16. The van der Waals surface area contributed by atoms with Gasteiger partial charge in [0, 0.05) is 18.2 Å². The van der Waals surface area contributed by atoms with Crippen molar-refractivity contribution in [3.05, 3.63) is 35.7 Å². The molecule has 3 rings (SSSR count). The predicted octanol–water partition coefficient (Wildman–Crippen LogP) is 3.56. The monoisotopic (exact) mass is 370 g/mol. The van der Waals surface area contributed by atoms with Crippen LogP contribution in [0.15, 0.2) is 28.8 Å². The first-order valence-electron chi connectivity index (χ1n) is 9.97. The van der Waals surface area contributed by atoms with E-state index >= 15 is 0 Å². The molecule has 2 heterocycles. The van der Waals surface area contributed by atoms with Gasteiger partial charge in [-0.3, -0.25) is 9.69 Å². The number of rotatable bonds is 7. The van der Waals surface area contributed by atoms with E-state index in [1.54, 1.807) is 0 Å². The maximum atomic E-state index is 12.5. The number of piperidine rings is 1. The van der Waals surface area contributed by atoms with Crippen LogP contribution in [0.5, 0.6) is 0 Å². The van der Waals surface area contributed by atoms with Gasteiger partial charge in [0.15, 0.2) is 0 Å². The van der Waals surface area contributed by atoms with Gasteiger partial charge in [-0.25, -0.2) is 0 Å². The molecule has 0 radical (unpaired) electrons. The van der Waals surface area contributed by atoms with Gasteiger partial charge in [-0.15, -0.1) is 0 Å². The van der Waals surface area contributed by atoms with Crippen LogP contribution < -0.4 is 5.32 Å². The Labute approximate surface area is 161 Å². The van der Waals surface area contributed by atoms with E-state index in [2.05, 4.69) is 41.1 Å². The molecule has 27 heavy (non-hydrogen) atoms. The van der Waals surface area contributed by atoms with Crippen LogP contribution in [-0.2, 0) is 11.3 Å². The highest BCUT2D eigenvalue weighted by Crippen LogP contribution is 2.21. The van der Waals surface area contributed by atoms with E-state index in [1.165, 1.54) is 5.56 Å². The van der Waals surface area contributed by atoms with Gasteiger partial charge in [-0.05, 0) is 39.7 Å². The first-order chi connectivity index (χ1) is 13.0. The standard InChI is InChI=1S/C21H30N4O2/c1-4-6-16(3)22-21(26)18-7-5-12-25(13-18)14-19-23-20(24-27-19)17-10-8-15(2)9-11-17/h8-11,16,18H,4-7,12-14H2,1-3H3,(H,22,26). The van der Waals surface area contributed by atoms with Crippen molar-refractivity contribution in [1.82, 2.24) is 20.4 Å². The van der Waals surface area contributed by atoms with Crippen molar-refractivity contribution in [3.8, 4) is 11.4 Å². The minimum Gasteiger partial charge on any atom is -0.353 e. The van der Waals surface area contributed by atoms with Crippen LogP contribution in [-0.4, -0.2) is 40.1 Å². The molecule has 1 aromatic carbocycles. The number of amides is 1. The third-order valence-corrected chi connectivity index (χ3v) is 5.12. The predicted molar refractivity (Wildman–Crippen MR) is 105 cm³/mol. The smallest absolute Gasteiger partial charge is 0.241 e. The van der Waals surface area contributed by atoms with E-state index in [4.69, 9.17) is 4.52 Å². The lowest BCUT2D eigenvalue weighted by Gasteiger charge is -2.31. The molecule has 1 amide bonds. The van der Waals surface area contributed by atoms with Gasteiger partial charge < -0.3 is 9.84 Å². The summed E-state index contributed by atoms with van der Waals surface area (Å²) in [6, 6.07) is 8.33. The van der Waals surface area contributed by atoms with Crippen LogP contribution >= 0.6 is 0 Å². The van der Waals surface area contributed by atoms with Crippen LogP contribution in [0.2, 0.25) is 0 Å². The van der Waals surface area contributed by atoms with Gasteiger partial charge in [0.2, 0.25) is 17.6 Å². The summed E-state index contributed by atoms with van der Waals surface area (Å²) < 4.78 is 5.44. The Balaban J connectivity index is 1.56. The molecule has 1 N–H and O–H groups in total. The molecule has 1 saturated heterocycles. The van der Waals surface area contributed by atoms with Crippen molar-refractivity contribution in [2.75, 3.05) is 13.1 Å². The van der Waals surface area contributed by atoms with Crippen molar-refractivity contribution in [3.63, 3.8) is 0 Å². The zero-order valence-electron chi connectivity index (χ0n) is 16.6. The number of aromatic nitrogens is 2. The highest BCUT2D eigenvalue weighted by atomic mass is 16.5. The van der Waals surface area contributed by atoms with E-state index < -0.39 is 0 Å². The first kappa shape index (κ1) is 19.5. The Hall–Kier alpha value is -2.21. The topological polar surface area (TPSA) is 71.3 Å². The van der Waals surface area contributed by atoms with E-state index in [0.29, 0.717) is 18.3 Å². The molecule has 6 heteroatoms. The second kappa shape index (κ2) is 9.13. The number of nitrogens with zero attached hydrogens (tertiary/aromatic N) is 3. The molecular formula is C21H30N4O2. The Bertz CT molecular complexity index is 741. The van der Waals surface area contributed by atoms with Crippen LogP contribution in [0.1, 0.15) is 51.0 Å². The lowest BCUT2D eigenvalue weighted by atomic mass is 9.96. The molecule has 0 spiro atoms. The van der Waals surface area contributed by atoms with E-state index in [0.717, 1.165) is 44.3 Å². The van der Waals surface area contributed by atoms with Crippen LogP contribution in [0, 0.1) is 12.8 Å². The van der Waals surface area contributed by atoms with Crippen LogP contribution in [0.25, 0.3) is 11.4 Å². The normalized spacial score (nSPS) is 19.0. The minimum absolute atomic E-state index is 0.0394. The lowest BCUT2D eigenvalue weighted by molar-refractivity contribution is -0.127. The third-order valence-electron chi connectivity index (χ3n) is 5.12. The molecule has 1 aliphatic heterocycles. The number of benzene rings is 1. The first-order valence-corrected chi connectivity index (χ1v) is 9.97. The number of carbonyl (C=O) groups is 1. The summed E-state index contributed by atoms with van der Waals surface area (Å²) in [5.74, 6) is 1.43. The summed E-state index contributed by atoms with van der Waals surface area (Å²) in [6.07, 6.45) is 4.06. The molecule has 2 unspecified atom stereocenters. The Morgan fingerprint density at radius 3 is 2.89 bits per heavy atom. The Morgan fingerprint density at radius 1 is 1.37 bits per heavy atom. The summed E-state index contributed by atoms with van der Waals surface area (Å²) in [7, 11) is 0. The molecular weight excluding hydrogens is 340 g/mol. The van der Waals surface area contributed by atoms with E-state index in [9.17, 15) is 4.79 Å². The van der Waals surface area contributed by atoms with Gasteiger partial charge in [0.05, 0.1) is 12.5 Å². The van der Waals surface area contributed by atoms with Crippen molar-refractivity contribution < 1.29 is 9.32 Å². The molecule has 0 aliphatic carbocycles. The SMILES string of the molecule is CCCC(C)NC(=O)C1CCCN(Cc2nc(-c3ccc(C)cc3)no2)C1. The van der Waals surface area contributed by atoms with Crippen molar-refractivity contribution in [2.45, 2.75) is 59.0 Å². The summed E-state index contributed by atoms with van der Waals surface area (Å²) in [6.45, 7) is 8.56. The molecule has 1 fully saturated rings.